The standard InChI is InChI=1S/C28H41N9O5S/c1-3-22(38)33-20-14-21(25(40)24(20)39)37-16-32-23-26(30-12-11-17-7-9-19(10-8-17)43(29,41)42)34-28(35-27(23)37)31-15-18-6-5-13-36(18)4-2/h7-10,16,18,20-21,24-25,39-40H,3-6,11-15H2,1-2H3,(H,33,38)(H2,29,41,42)(H2,30,31,34,35)/t18-,20+,21-,24-,25+/m1/s1. The zero-order valence-corrected chi connectivity index (χ0v) is 25.3. The van der Waals surface area contributed by atoms with Crippen molar-refractivity contribution >= 4 is 38.9 Å². The van der Waals surface area contributed by atoms with Crippen molar-refractivity contribution in [3.05, 3.63) is 36.2 Å². The summed E-state index contributed by atoms with van der Waals surface area (Å²) in [6, 6.07) is 5.64. The summed E-state index contributed by atoms with van der Waals surface area (Å²) in [5.41, 5.74) is 1.92. The van der Waals surface area contributed by atoms with Crippen LogP contribution in [0.2, 0.25) is 0 Å². The molecule has 2 aliphatic rings. The quantitative estimate of drug-likeness (QED) is 0.167. The van der Waals surface area contributed by atoms with E-state index in [2.05, 4.69) is 32.8 Å². The summed E-state index contributed by atoms with van der Waals surface area (Å²) in [6.45, 7) is 7.09. The summed E-state index contributed by atoms with van der Waals surface area (Å²) in [7, 11) is -3.76. The fraction of sp³-hybridized carbons (Fsp3) is 0.571. The molecule has 43 heavy (non-hydrogen) atoms. The predicted molar refractivity (Wildman–Crippen MR) is 162 cm³/mol. The lowest BCUT2D eigenvalue weighted by Gasteiger charge is -2.23. The van der Waals surface area contributed by atoms with Gasteiger partial charge in [0.25, 0.3) is 0 Å². The monoisotopic (exact) mass is 615 g/mol. The molecular weight excluding hydrogens is 574 g/mol. The lowest BCUT2D eigenvalue weighted by Crippen LogP contribution is -2.42. The average Bonchev–Trinajstić information content (AvgIpc) is 3.70. The van der Waals surface area contributed by atoms with Gasteiger partial charge in [-0.2, -0.15) is 9.97 Å². The third-order valence-corrected chi connectivity index (χ3v) is 9.39. The lowest BCUT2D eigenvalue weighted by molar-refractivity contribution is -0.122. The number of aliphatic hydroxyl groups is 2. The lowest BCUT2D eigenvalue weighted by atomic mass is 10.1. The Hall–Kier alpha value is -3.37. The normalized spacial score (nSPS) is 24.4. The molecule has 3 heterocycles. The molecule has 1 aliphatic heterocycles. The fourth-order valence-corrected chi connectivity index (χ4v) is 6.54. The van der Waals surface area contributed by atoms with Gasteiger partial charge in [-0.3, -0.25) is 9.69 Å². The first-order valence-corrected chi connectivity index (χ1v) is 16.4. The van der Waals surface area contributed by atoms with Gasteiger partial charge >= 0.3 is 0 Å². The van der Waals surface area contributed by atoms with E-state index >= 15 is 0 Å². The number of hydrogen-bond donors (Lipinski definition) is 6. The van der Waals surface area contributed by atoms with Crippen LogP contribution in [0.4, 0.5) is 11.8 Å². The number of likely N-dealkylation sites (tertiary alicyclic amines) is 1. The number of anilines is 2. The molecule has 0 bridgehead atoms. The number of benzene rings is 1. The second kappa shape index (κ2) is 13.1. The number of imidazole rings is 1. The van der Waals surface area contributed by atoms with Crippen molar-refractivity contribution in [2.75, 3.05) is 36.8 Å². The zero-order chi connectivity index (χ0) is 30.7. The molecule has 1 aliphatic carbocycles. The van der Waals surface area contributed by atoms with Gasteiger partial charge in [-0.25, -0.2) is 18.5 Å². The molecule has 1 saturated heterocycles. The summed E-state index contributed by atoms with van der Waals surface area (Å²) in [4.78, 5) is 28.6. The third kappa shape index (κ3) is 6.91. The molecule has 1 aromatic carbocycles. The summed E-state index contributed by atoms with van der Waals surface area (Å²) in [5, 5.41) is 36.4. The van der Waals surface area contributed by atoms with Gasteiger partial charge in [0.2, 0.25) is 21.9 Å². The second-order valence-electron chi connectivity index (χ2n) is 11.2. The Morgan fingerprint density at radius 3 is 2.58 bits per heavy atom. The first-order chi connectivity index (χ1) is 20.6. The highest BCUT2D eigenvalue weighted by Crippen LogP contribution is 2.34. The van der Waals surface area contributed by atoms with Crippen molar-refractivity contribution in [1.82, 2.24) is 29.7 Å². The molecule has 1 saturated carbocycles. The van der Waals surface area contributed by atoms with Gasteiger partial charge < -0.3 is 30.7 Å². The van der Waals surface area contributed by atoms with Crippen molar-refractivity contribution in [3.63, 3.8) is 0 Å². The Labute approximate surface area is 251 Å². The minimum absolute atomic E-state index is 0.0580. The van der Waals surface area contributed by atoms with E-state index in [4.69, 9.17) is 15.1 Å². The molecule has 0 spiro atoms. The number of sulfonamides is 1. The number of amides is 1. The third-order valence-electron chi connectivity index (χ3n) is 8.46. The highest BCUT2D eigenvalue weighted by Gasteiger charge is 2.43. The Kier molecular flexibility index (Phi) is 9.46. The van der Waals surface area contributed by atoms with E-state index in [0.717, 1.165) is 31.5 Å². The molecule has 2 fully saturated rings. The number of likely N-dealkylation sites (N-methyl/N-ethyl adjacent to an activating group) is 1. The second-order valence-corrected chi connectivity index (χ2v) is 12.8. The van der Waals surface area contributed by atoms with Crippen LogP contribution in [0.15, 0.2) is 35.5 Å². The van der Waals surface area contributed by atoms with Crippen molar-refractivity contribution in [2.45, 2.75) is 81.2 Å². The molecule has 14 nitrogen and oxygen atoms in total. The van der Waals surface area contributed by atoms with Gasteiger partial charge in [0.15, 0.2) is 17.0 Å². The van der Waals surface area contributed by atoms with Crippen LogP contribution in [0.3, 0.4) is 0 Å². The maximum atomic E-state index is 12.0. The Morgan fingerprint density at radius 1 is 1.12 bits per heavy atom. The smallest absolute Gasteiger partial charge is 0.238 e. The highest BCUT2D eigenvalue weighted by molar-refractivity contribution is 7.89. The van der Waals surface area contributed by atoms with Gasteiger partial charge in [-0.15, -0.1) is 0 Å². The molecule has 5 rings (SSSR count). The van der Waals surface area contributed by atoms with Crippen molar-refractivity contribution in [1.29, 1.82) is 0 Å². The van der Waals surface area contributed by atoms with E-state index in [-0.39, 0.29) is 17.2 Å². The Bertz CT molecular complexity index is 1530. The number of nitrogens with one attached hydrogen (secondary N) is 3. The number of hydrogen-bond acceptors (Lipinski definition) is 11. The molecule has 1 amide bonds. The highest BCUT2D eigenvalue weighted by atomic mass is 32.2. The maximum Gasteiger partial charge on any atom is 0.238 e. The number of nitrogens with two attached hydrogens (primary N) is 1. The molecule has 5 atom stereocenters. The molecule has 0 unspecified atom stereocenters. The molecule has 234 valence electrons. The van der Waals surface area contributed by atoms with Crippen LogP contribution < -0.4 is 21.1 Å². The van der Waals surface area contributed by atoms with Crippen LogP contribution in [0.5, 0.6) is 0 Å². The van der Waals surface area contributed by atoms with E-state index < -0.39 is 34.3 Å². The Balaban J connectivity index is 1.39. The van der Waals surface area contributed by atoms with Crippen molar-refractivity contribution in [2.24, 2.45) is 5.14 Å². The van der Waals surface area contributed by atoms with Gasteiger partial charge in [0.1, 0.15) is 12.2 Å². The van der Waals surface area contributed by atoms with E-state index in [1.807, 2.05) is 0 Å². The predicted octanol–water partition coefficient (Wildman–Crippen LogP) is 0.586. The van der Waals surface area contributed by atoms with Crippen LogP contribution in [0.1, 0.15) is 51.1 Å². The molecule has 7 N–H and O–H groups in total. The number of aliphatic hydroxyl groups excluding tert-OH is 2. The molecule has 2 aromatic heterocycles. The van der Waals surface area contributed by atoms with Crippen molar-refractivity contribution in [3.8, 4) is 0 Å². The van der Waals surface area contributed by atoms with Gasteiger partial charge in [-0.05, 0) is 56.5 Å². The molecule has 0 radical (unpaired) electrons. The molecule has 3 aromatic rings. The number of nitrogens with zero attached hydrogens (tertiary/aromatic N) is 5. The van der Waals surface area contributed by atoms with Crippen LogP contribution >= 0.6 is 0 Å². The van der Waals surface area contributed by atoms with Crippen molar-refractivity contribution < 1.29 is 23.4 Å². The molecular formula is C28H41N9O5S. The van der Waals surface area contributed by atoms with Crippen LogP contribution in [0, 0.1) is 0 Å². The Morgan fingerprint density at radius 2 is 1.88 bits per heavy atom. The summed E-state index contributed by atoms with van der Waals surface area (Å²) in [6.07, 6.45) is 2.75. The maximum absolute atomic E-state index is 12.0. The topological polar surface area (TPSA) is 201 Å². The summed E-state index contributed by atoms with van der Waals surface area (Å²) >= 11 is 0. The largest absolute Gasteiger partial charge is 0.388 e. The number of aromatic nitrogens is 4. The van der Waals surface area contributed by atoms with Crippen LogP contribution in [0.25, 0.3) is 11.2 Å². The van der Waals surface area contributed by atoms with Crippen LogP contribution in [-0.2, 0) is 21.2 Å². The van der Waals surface area contributed by atoms with Gasteiger partial charge in [0.05, 0.1) is 23.3 Å². The number of primary sulfonamides is 1. The van der Waals surface area contributed by atoms with E-state index in [0.29, 0.717) is 54.9 Å². The average molecular weight is 616 g/mol. The number of fused-ring (bicyclic) bond motifs is 1. The minimum Gasteiger partial charge on any atom is -0.388 e. The summed E-state index contributed by atoms with van der Waals surface area (Å²) in [5.74, 6) is 0.733. The fourth-order valence-electron chi connectivity index (χ4n) is 6.02. The van der Waals surface area contributed by atoms with E-state index in [1.54, 1.807) is 30.0 Å². The van der Waals surface area contributed by atoms with E-state index in [9.17, 15) is 23.4 Å². The summed E-state index contributed by atoms with van der Waals surface area (Å²) < 4.78 is 24.9. The number of carbonyl (C=O) groups excluding carboxylic acids is 1. The minimum atomic E-state index is -3.76. The SMILES string of the molecule is CCC(=O)N[C@H]1C[C@@H](n2cnc3c(NCCc4ccc(S(N)(=O)=O)cc4)nc(NC[C@H]4CCCN4CC)nc32)[C@H](O)[C@@H]1O. The number of rotatable bonds is 12. The van der Waals surface area contributed by atoms with Gasteiger partial charge in [-0.1, -0.05) is 26.0 Å². The van der Waals surface area contributed by atoms with Crippen LogP contribution in [-0.4, -0.2) is 99.4 Å². The van der Waals surface area contributed by atoms with E-state index in [1.165, 1.54) is 12.1 Å². The number of carbonyl (C=O) groups is 1. The first-order valence-electron chi connectivity index (χ1n) is 14.8. The zero-order valence-electron chi connectivity index (χ0n) is 24.5. The molecule has 15 heteroatoms. The van der Waals surface area contributed by atoms with Gasteiger partial charge in [0, 0.05) is 25.6 Å². The first kappa shape index (κ1) is 31.1.